The normalized spacial score (nSPS) is 12.2. The zero-order chi connectivity index (χ0) is 17.5. The number of nitrogens with zero attached hydrogens (tertiary/aromatic N) is 1. The highest BCUT2D eigenvalue weighted by molar-refractivity contribution is 6.42. The minimum absolute atomic E-state index is 0.0467. The van der Waals surface area contributed by atoms with Crippen LogP contribution in [0.2, 0.25) is 5.02 Å². The van der Waals surface area contributed by atoms with Crippen molar-refractivity contribution in [2.75, 3.05) is 14.2 Å². The number of benzene rings is 2. The van der Waals surface area contributed by atoms with Crippen LogP contribution in [0.4, 0.5) is 0 Å². The molecule has 24 heavy (non-hydrogen) atoms. The zero-order valence-corrected chi connectivity index (χ0v) is 14.7. The summed E-state index contributed by atoms with van der Waals surface area (Å²) < 4.78 is 10.5. The molecule has 0 spiro atoms. The topological polar surface area (TPSA) is 47.9 Å². The monoisotopic (exact) mass is 345 g/mol. The van der Waals surface area contributed by atoms with Crippen LogP contribution in [0.15, 0.2) is 47.5 Å². The molecule has 0 aromatic heterocycles. The fourth-order valence-corrected chi connectivity index (χ4v) is 2.56. The Hall–Kier alpha value is -2.33. The van der Waals surface area contributed by atoms with Crippen molar-refractivity contribution in [1.82, 2.24) is 0 Å². The highest BCUT2D eigenvalue weighted by Gasteiger charge is 2.09. The Bertz CT molecular complexity index is 743. The Kier molecular flexibility index (Phi) is 6.38. The van der Waals surface area contributed by atoms with Gasteiger partial charge < -0.3 is 9.47 Å². The summed E-state index contributed by atoms with van der Waals surface area (Å²) in [5.74, 6) is 1.17. The maximum absolute atomic E-state index is 12.1. The first-order valence-electron chi connectivity index (χ1n) is 7.58. The smallest absolute Gasteiger partial charge is 0.205 e. The van der Waals surface area contributed by atoms with Gasteiger partial charge in [-0.1, -0.05) is 29.8 Å². The maximum atomic E-state index is 12.1. The molecular formula is C19H20ClNO3. The van der Waals surface area contributed by atoms with Crippen molar-refractivity contribution < 1.29 is 14.3 Å². The average Bonchev–Trinajstić information content (AvgIpc) is 2.60. The molecule has 0 heterocycles. The summed E-state index contributed by atoms with van der Waals surface area (Å²) in [7, 11) is 3.20. The fraction of sp³-hybridized carbons (Fsp3) is 0.263. The lowest BCUT2D eigenvalue weighted by molar-refractivity contribution is 0.107. The van der Waals surface area contributed by atoms with E-state index in [1.165, 1.54) is 6.21 Å². The molecule has 2 aromatic carbocycles. The van der Waals surface area contributed by atoms with E-state index < -0.39 is 0 Å². The Morgan fingerprint density at radius 2 is 1.88 bits per heavy atom. The van der Waals surface area contributed by atoms with Gasteiger partial charge in [0, 0.05) is 5.56 Å². The third-order valence-electron chi connectivity index (χ3n) is 3.56. The van der Waals surface area contributed by atoms with Crippen molar-refractivity contribution in [3.05, 3.63) is 58.6 Å². The van der Waals surface area contributed by atoms with E-state index in [0.717, 1.165) is 5.56 Å². The molecule has 0 saturated heterocycles. The summed E-state index contributed by atoms with van der Waals surface area (Å²) in [6.45, 7) is 1.95. The van der Waals surface area contributed by atoms with Gasteiger partial charge in [0.15, 0.2) is 11.5 Å². The number of aliphatic imine (C=N–C) groups is 1. The summed E-state index contributed by atoms with van der Waals surface area (Å²) in [6.07, 6.45) is 2.03. The second-order valence-electron chi connectivity index (χ2n) is 5.36. The van der Waals surface area contributed by atoms with E-state index in [4.69, 9.17) is 21.1 Å². The summed E-state index contributed by atoms with van der Waals surface area (Å²) in [5, 5.41) is 0.432. The minimum atomic E-state index is -0.195. The van der Waals surface area contributed by atoms with Gasteiger partial charge in [0.1, 0.15) is 0 Å². The molecule has 0 aliphatic rings. The third-order valence-corrected chi connectivity index (χ3v) is 3.89. The quantitative estimate of drug-likeness (QED) is 0.557. The first-order valence-corrected chi connectivity index (χ1v) is 7.96. The largest absolute Gasteiger partial charge is 0.493 e. The Labute approximate surface area is 147 Å². The summed E-state index contributed by atoms with van der Waals surface area (Å²) in [6, 6.07) is 12.6. The SMILES string of the molecule is COc1ccc(CC(C)N=CC(=O)c2ccccc2Cl)cc1OC. The molecule has 126 valence electrons. The van der Waals surface area contributed by atoms with Crippen LogP contribution in [0.3, 0.4) is 0 Å². The van der Waals surface area contributed by atoms with Gasteiger partial charge in [0.2, 0.25) is 5.78 Å². The number of hydrogen-bond donors (Lipinski definition) is 0. The Balaban J connectivity index is 2.04. The molecule has 0 bridgehead atoms. The van der Waals surface area contributed by atoms with Gasteiger partial charge in [-0.3, -0.25) is 9.79 Å². The van der Waals surface area contributed by atoms with Crippen molar-refractivity contribution >= 4 is 23.6 Å². The highest BCUT2D eigenvalue weighted by atomic mass is 35.5. The lowest BCUT2D eigenvalue weighted by Gasteiger charge is -2.11. The summed E-state index contributed by atoms with van der Waals surface area (Å²) >= 11 is 6.02. The van der Waals surface area contributed by atoms with Gasteiger partial charge in [-0.25, -0.2) is 0 Å². The number of carbonyl (C=O) groups excluding carboxylic acids is 1. The van der Waals surface area contributed by atoms with Crippen molar-refractivity contribution in [2.45, 2.75) is 19.4 Å². The number of Topliss-reactive ketones (excluding diaryl/α,β-unsaturated/α-hetero) is 1. The predicted molar refractivity (Wildman–Crippen MR) is 97.0 cm³/mol. The fourth-order valence-electron chi connectivity index (χ4n) is 2.33. The van der Waals surface area contributed by atoms with E-state index in [-0.39, 0.29) is 11.8 Å². The minimum Gasteiger partial charge on any atom is -0.493 e. The van der Waals surface area contributed by atoms with Crippen LogP contribution >= 0.6 is 11.6 Å². The molecule has 2 rings (SSSR count). The maximum Gasteiger partial charge on any atom is 0.205 e. The molecule has 0 aliphatic heterocycles. The van der Waals surface area contributed by atoms with Crippen LogP contribution in [0, 0.1) is 0 Å². The van der Waals surface area contributed by atoms with Gasteiger partial charge in [-0.2, -0.15) is 0 Å². The van der Waals surface area contributed by atoms with Crippen LogP contribution in [-0.2, 0) is 6.42 Å². The summed E-state index contributed by atoms with van der Waals surface area (Å²) in [4.78, 5) is 16.5. The van der Waals surface area contributed by atoms with Crippen LogP contribution in [-0.4, -0.2) is 32.3 Å². The number of ether oxygens (including phenoxy) is 2. The molecular weight excluding hydrogens is 326 g/mol. The Morgan fingerprint density at radius 3 is 2.54 bits per heavy atom. The van der Waals surface area contributed by atoms with Gasteiger partial charge in [0.05, 0.1) is 31.5 Å². The zero-order valence-electron chi connectivity index (χ0n) is 14.0. The van der Waals surface area contributed by atoms with Gasteiger partial charge in [0.25, 0.3) is 0 Å². The molecule has 0 radical (unpaired) electrons. The number of halogens is 1. The van der Waals surface area contributed by atoms with E-state index in [0.29, 0.717) is 28.5 Å². The number of rotatable bonds is 7. The van der Waals surface area contributed by atoms with Crippen LogP contribution in [0.25, 0.3) is 0 Å². The van der Waals surface area contributed by atoms with Gasteiger partial charge >= 0.3 is 0 Å². The lowest BCUT2D eigenvalue weighted by Crippen LogP contribution is -2.08. The number of methoxy groups -OCH3 is 2. The predicted octanol–water partition coefficient (Wildman–Crippen LogP) is 4.24. The van der Waals surface area contributed by atoms with E-state index >= 15 is 0 Å². The first-order chi connectivity index (χ1) is 11.5. The highest BCUT2D eigenvalue weighted by Crippen LogP contribution is 2.28. The van der Waals surface area contributed by atoms with Gasteiger partial charge in [-0.15, -0.1) is 0 Å². The van der Waals surface area contributed by atoms with Crippen molar-refractivity contribution in [1.29, 1.82) is 0 Å². The van der Waals surface area contributed by atoms with E-state index in [9.17, 15) is 4.79 Å². The van der Waals surface area contributed by atoms with Crippen LogP contribution in [0.5, 0.6) is 11.5 Å². The molecule has 0 aliphatic carbocycles. The van der Waals surface area contributed by atoms with Gasteiger partial charge in [-0.05, 0) is 43.2 Å². The number of hydrogen-bond acceptors (Lipinski definition) is 4. The Morgan fingerprint density at radius 1 is 1.17 bits per heavy atom. The molecule has 0 amide bonds. The van der Waals surface area contributed by atoms with E-state index in [2.05, 4.69) is 4.99 Å². The van der Waals surface area contributed by atoms with E-state index in [1.807, 2.05) is 25.1 Å². The molecule has 4 nitrogen and oxygen atoms in total. The molecule has 1 unspecified atom stereocenters. The standard InChI is InChI=1S/C19H20ClNO3/c1-13(10-14-8-9-18(23-2)19(11-14)24-3)21-12-17(22)15-6-4-5-7-16(15)20/h4-9,11-13H,10H2,1-3H3. The second kappa shape index (κ2) is 8.50. The lowest BCUT2D eigenvalue weighted by atomic mass is 10.1. The van der Waals surface area contributed by atoms with Crippen LogP contribution in [0.1, 0.15) is 22.8 Å². The first kappa shape index (κ1) is 18.0. The van der Waals surface area contributed by atoms with E-state index in [1.54, 1.807) is 38.5 Å². The van der Waals surface area contributed by atoms with Crippen LogP contribution < -0.4 is 9.47 Å². The summed E-state index contributed by atoms with van der Waals surface area (Å²) in [5.41, 5.74) is 1.52. The molecule has 0 saturated carbocycles. The van der Waals surface area contributed by atoms with Crippen molar-refractivity contribution in [3.8, 4) is 11.5 Å². The molecule has 5 heteroatoms. The number of carbonyl (C=O) groups is 1. The molecule has 1 atom stereocenters. The van der Waals surface area contributed by atoms with Crippen molar-refractivity contribution in [3.63, 3.8) is 0 Å². The average molecular weight is 346 g/mol. The molecule has 2 aromatic rings. The third kappa shape index (κ3) is 4.59. The second-order valence-corrected chi connectivity index (χ2v) is 5.77. The molecule has 0 fully saturated rings. The molecule has 0 N–H and O–H groups in total. The number of ketones is 1. The van der Waals surface area contributed by atoms with Crippen molar-refractivity contribution in [2.24, 2.45) is 4.99 Å².